The zero-order chi connectivity index (χ0) is 12.8. The molecule has 0 radical (unpaired) electrons. The molecule has 19 heavy (non-hydrogen) atoms. The molecule has 0 saturated heterocycles. The first-order chi connectivity index (χ1) is 8.58. The van der Waals surface area contributed by atoms with Crippen LogP contribution >= 0.6 is 28.3 Å². The van der Waals surface area contributed by atoms with Crippen LogP contribution in [0.3, 0.4) is 0 Å². The molecular formula is C12H12BrClFN3O. The molecule has 4 nitrogen and oxygen atoms in total. The summed E-state index contributed by atoms with van der Waals surface area (Å²) in [5.41, 5.74) is 5.88. The van der Waals surface area contributed by atoms with E-state index in [0.717, 1.165) is 23.7 Å². The lowest BCUT2D eigenvalue weighted by molar-refractivity contribution is 0.229. The van der Waals surface area contributed by atoms with Crippen molar-refractivity contribution in [3.63, 3.8) is 0 Å². The topological polar surface area (TPSA) is 64.9 Å². The second-order valence-electron chi connectivity index (χ2n) is 4.56. The van der Waals surface area contributed by atoms with Gasteiger partial charge in [0.2, 0.25) is 0 Å². The molecule has 0 aliphatic heterocycles. The van der Waals surface area contributed by atoms with E-state index < -0.39 is 11.4 Å². The van der Waals surface area contributed by atoms with Gasteiger partial charge in [-0.1, -0.05) is 21.1 Å². The Labute approximate surface area is 124 Å². The minimum atomic E-state index is -0.496. The Balaban J connectivity index is 0.00000133. The number of aromatic nitrogens is 2. The Hall–Kier alpha value is -0.980. The van der Waals surface area contributed by atoms with Crippen molar-refractivity contribution in [2.24, 2.45) is 5.73 Å². The average molecular weight is 349 g/mol. The van der Waals surface area contributed by atoms with Gasteiger partial charge in [-0.05, 0) is 37.5 Å². The minimum Gasteiger partial charge on any atom is -0.334 e. The molecule has 7 heteroatoms. The van der Waals surface area contributed by atoms with Crippen molar-refractivity contribution in [2.75, 3.05) is 0 Å². The standard InChI is InChI=1S/C12H11BrFN3O.ClH/c13-7-2-3-9(14)8(6-7)10-16-11(17-18-10)12(15)4-1-5-12;/h2-3,6H,1,4-5,15H2;1H. The number of benzene rings is 1. The predicted octanol–water partition coefficient (Wildman–Crippen LogP) is 3.40. The van der Waals surface area contributed by atoms with Crippen molar-refractivity contribution >= 4 is 28.3 Å². The number of hydrogen-bond donors (Lipinski definition) is 1. The van der Waals surface area contributed by atoms with Crippen LogP contribution in [-0.4, -0.2) is 10.1 Å². The van der Waals surface area contributed by atoms with E-state index in [2.05, 4.69) is 26.1 Å². The van der Waals surface area contributed by atoms with E-state index in [0.29, 0.717) is 5.82 Å². The summed E-state index contributed by atoms with van der Waals surface area (Å²) < 4.78 is 19.5. The van der Waals surface area contributed by atoms with E-state index in [1.54, 1.807) is 12.1 Å². The van der Waals surface area contributed by atoms with Gasteiger partial charge in [0, 0.05) is 4.47 Å². The van der Waals surface area contributed by atoms with E-state index in [9.17, 15) is 4.39 Å². The van der Waals surface area contributed by atoms with E-state index >= 15 is 0 Å². The first kappa shape index (κ1) is 14.4. The SMILES string of the molecule is Cl.NC1(c2noc(-c3cc(Br)ccc3F)n2)CCC1. The van der Waals surface area contributed by atoms with E-state index in [4.69, 9.17) is 10.3 Å². The largest absolute Gasteiger partial charge is 0.334 e. The summed E-state index contributed by atoms with van der Waals surface area (Å²) in [4.78, 5) is 4.21. The Kier molecular flexibility index (Phi) is 3.94. The second-order valence-corrected chi connectivity index (χ2v) is 5.47. The number of rotatable bonds is 2. The normalized spacial score (nSPS) is 16.6. The van der Waals surface area contributed by atoms with Gasteiger partial charge in [-0.3, -0.25) is 0 Å². The monoisotopic (exact) mass is 347 g/mol. The molecule has 1 aliphatic rings. The molecule has 3 rings (SSSR count). The minimum absolute atomic E-state index is 0. The summed E-state index contributed by atoms with van der Waals surface area (Å²) in [6.45, 7) is 0. The smallest absolute Gasteiger partial charge is 0.261 e. The summed E-state index contributed by atoms with van der Waals surface area (Å²) in [5, 5.41) is 3.86. The summed E-state index contributed by atoms with van der Waals surface area (Å²) in [7, 11) is 0. The van der Waals surface area contributed by atoms with E-state index in [1.807, 2.05) is 0 Å². The zero-order valence-corrected chi connectivity index (χ0v) is 12.3. The van der Waals surface area contributed by atoms with Crippen LogP contribution in [-0.2, 0) is 5.54 Å². The van der Waals surface area contributed by atoms with Crippen molar-refractivity contribution in [1.29, 1.82) is 0 Å². The van der Waals surface area contributed by atoms with Crippen molar-refractivity contribution in [3.05, 3.63) is 34.3 Å². The van der Waals surface area contributed by atoms with Crippen LogP contribution in [0.25, 0.3) is 11.5 Å². The highest BCUT2D eigenvalue weighted by Gasteiger charge is 2.39. The fraction of sp³-hybridized carbons (Fsp3) is 0.333. The number of nitrogens with two attached hydrogens (primary N) is 1. The average Bonchev–Trinajstić information content (AvgIpc) is 2.79. The number of halogens is 3. The molecule has 102 valence electrons. The molecule has 1 aromatic carbocycles. The van der Waals surface area contributed by atoms with E-state index in [-0.39, 0.29) is 23.9 Å². The zero-order valence-electron chi connectivity index (χ0n) is 9.90. The molecule has 0 unspecified atom stereocenters. The lowest BCUT2D eigenvalue weighted by Crippen LogP contribution is -2.44. The fourth-order valence-corrected chi connectivity index (χ4v) is 2.34. The fourth-order valence-electron chi connectivity index (χ4n) is 1.98. The van der Waals surface area contributed by atoms with E-state index in [1.165, 1.54) is 6.07 Å². The van der Waals surface area contributed by atoms with Crippen LogP contribution in [0.15, 0.2) is 27.2 Å². The molecular weight excluding hydrogens is 337 g/mol. The van der Waals surface area contributed by atoms with Gasteiger partial charge in [-0.25, -0.2) is 4.39 Å². The summed E-state index contributed by atoms with van der Waals surface area (Å²) in [5.74, 6) is 0.233. The molecule has 1 aliphatic carbocycles. The van der Waals surface area contributed by atoms with Crippen LogP contribution in [0.5, 0.6) is 0 Å². The van der Waals surface area contributed by atoms with Crippen molar-refractivity contribution < 1.29 is 8.91 Å². The maximum atomic E-state index is 13.7. The molecule has 0 spiro atoms. The second kappa shape index (κ2) is 5.19. The summed E-state index contributed by atoms with van der Waals surface area (Å²) in [6.07, 6.45) is 2.74. The molecule has 1 saturated carbocycles. The van der Waals surface area contributed by atoms with Crippen LogP contribution in [0.2, 0.25) is 0 Å². The molecule has 1 fully saturated rings. The van der Waals surface area contributed by atoms with Crippen molar-refractivity contribution in [2.45, 2.75) is 24.8 Å². The van der Waals surface area contributed by atoms with Gasteiger partial charge >= 0.3 is 0 Å². The molecule has 0 atom stereocenters. The maximum absolute atomic E-state index is 13.7. The van der Waals surface area contributed by atoms with Crippen LogP contribution in [0.1, 0.15) is 25.1 Å². The van der Waals surface area contributed by atoms with Crippen molar-refractivity contribution in [1.82, 2.24) is 10.1 Å². The molecule has 0 bridgehead atoms. The van der Waals surface area contributed by atoms with Gasteiger partial charge in [-0.2, -0.15) is 4.98 Å². The van der Waals surface area contributed by atoms with Gasteiger partial charge in [0.15, 0.2) is 5.82 Å². The van der Waals surface area contributed by atoms with Crippen LogP contribution < -0.4 is 5.73 Å². The predicted molar refractivity (Wildman–Crippen MR) is 74.4 cm³/mol. The first-order valence-corrected chi connectivity index (χ1v) is 6.46. The lowest BCUT2D eigenvalue weighted by Gasteiger charge is -2.34. The van der Waals surface area contributed by atoms with Crippen LogP contribution in [0.4, 0.5) is 4.39 Å². The van der Waals surface area contributed by atoms with Gasteiger partial charge in [0.25, 0.3) is 5.89 Å². The Morgan fingerprint density at radius 3 is 2.74 bits per heavy atom. The molecule has 2 aromatic rings. The van der Waals surface area contributed by atoms with Gasteiger partial charge < -0.3 is 10.3 Å². The van der Waals surface area contributed by atoms with Crippen molar-refractivity contribution in [3.8, 4) is 11.5 Å². The number of hydrogen-bond acceptors (Lipinski definition) is 4. The number of nitrogens with zero attached hydrogens (tertiary/aromatic N) is 2. The third-order valence-electron chi connectivity index (χ3n) is 3.28. The Morgan fingerprint density at radius 1 is 1.37 bits per heavy atom. The molecule has 0 amide bonds. The lowest BCUT2D eigenvalue weighted by atomic mass is 9.77. The maximum Gasteiger partial charge on any atom is 0.261 e. The third kappa shape index (κ3) is 2.52. The molecule has 1 heterocycles. The Bertz CT molecular complexity index is 600. The Morgan fingerprint density at radius 2 is 2.11 bits per heavy atom. The first-order valence-electron chi connectivity index (χ1n) is 5.67. The van der Waals surface area contributed by atoms with Crippen LogP contribution in [0, 0.1) is 5.82 Å². The quantitative estimate of drug-likeness (QED) is 0.903. The van der Waals surface area contributed by atoms with Gasteiger partial charge in [0.1, 0.15) is 5.82 Å². The summed E-state index contributed by atoms with van der Waals surface area (Å²) in [6, 6.07) is 4.58. The van der Waals surface area contributed by atoms with Gasteiger partial charge in [-0.15, -0.1) is 12.4 Å². The molecule has 1 aromatic heterocycles. The third-order valence-corrected chi connectivity index (χ3v) is 3.77. The molecule has 2 N–H and O–H groups in total. The highest BCUT2D eigenvalue weighted by atomic mass is 79.9. The highest BCUT2D eigenvalue weighted by Crippen LogP contribution is 2.38. The van der Waals surface area contributed by atoms with Gasteiger partial charge in [0.05, 0.1) is 11.1 Å². The highest BCUT2D eigenvalue weighted by molar-refractivity contribution is 9.10. The summed E-state index contributed by atoms with van der Waals surface area (Å²) >= 11 is 3.28.